The van der Waals surface area contributed by atoms with Gasteiger partial charge < -0.3 is 24.1 Å². The van der Waals surface area contributed by atoms with Gasteiger partial charge in [-0.3, -0.25) is 0 Å². The van der Waals surface area contributed by atoms with Crippen LogP contribution in [0.5, 0.6) is 0 Å². The van der Waals surface area contributed by atoms with Crippen LogP contribution in [0.15, 0.2) is 91.0 Å². The molecule has 3 aromatic carbocycles. The van der Waals surface area contributed by atoms with E-state index in [-0.39, 0.29) is 16.7 Å². The highest BCUT2D eigenvalue weighted by Gasteiger charge is 2.50. The van der Waals surface area contributed by atoms with Crippen LogP contribution < -0.4 is 0 Å². The van der Waals surface area contributed by atoms with Gasteiger partial charge in [-0.05, 0) is 43.3 Å². The van der Waals surface area contributed by atoms with Crippen molar-refractivity contribution in [3.63, 3.8) is 0 Å². The number of carbonyl (C=O) groups excluding carboxylic acids is 3. The molecule has 0 amide bonds. The summed E-state index contributed by atoms with van der Waals surface area (Å²) in [5.41, 5.74) is 0.739. The minimum Gasteiger partial charge on any atom is -0.452 e. The zero-order valence-electron chi connectivity index (χ0n) is 18.9. The van der Waals surface area contributed by atoms with Gasteiger partial charge >= 0.3 is 17.9 Å². The number of rotatable bonds is 6. The molecular weight excluding hydrogens is 452 g/mol. The van der Waals surface area contributed by atoms with Gasteiger partial charge in [0.1, 0.15) is 0 Å². The molecule has 1 N–H and O–H groups in total. The Morgan fingerprint density at radius 1 is 0.600 bits per heavy atom. The molecule has 0 bridgehead atoms. The third-order valence-electron chi connectivity index (χ3n) is 5.50. The molecule has 0 aliphatic carbocycles. The van der Waals surface area contributed by atoms with E-state index in [2.05, 4.69) is 0 Å². The molecular formula is C27H24O8. The summed E-state index contributed by atoms with van der Waals surface area (Å²) in [6, 6.07) is 24.6. The van der Waals surface area contributed by atoms with E-state index >= 15 is 0 Å². The Hall–Kier alpha value is -4.01. The Morgan fingerprint density at radius 2 is 0.943 bits per heavy atom. The predicted molar refractivity (Wildman–Crippen MR) is 123 cm³/mol. The fourth-order valence-electron chi connectivity index (χ4n) is 3.71. The zero-order chi connectivity index (χ0) is 24.8. The first-order valence-corrected chi connectivity index (χ1v) is 11.1. The minimum atomic E-state index is -1.63. The predicted octanol–water partition coefficient (Wildman–Crippen LogP) is 3.40. The number of hydrogen-bond acceptors (Lipinski definition) is 8. The summed E-state index contributed by atoms with van der Waals surface area (Å²) in [7, 11) is 0. The largest absolute Gasteiger partial charge is 0.452 e. The van der Waals surface area contributed by atoms with Gasteiger partial charge in [-0.2, -0.15) is 0 Å². The first-order valence-electron chi connectivity index (χ1n) is 11.1. The van der Waals surface area contributed by atoms with E-state index in [4.69, 9.17) is 18.9 Å². The lowest BCUT2D eigenvalue weighted by atomic mass is 9.98. The number of esters is 3. The van der Waals surface area contributed by atoms with Crippen molar-refractivity contribution < 1.29 is 38.4 Å². The fourth-order valence-corrected chi connectivity index (χ4v) is 3.71. The highest BCUT2D eigenvalue weighted by molar-refractivity contribution is 5.91. The molecule has 2 unspecified atom stereocenters. The van der Waals surface area contributed by atoms with Crippen molar-refractivity contribution in [2.75, 3.05) is 0 Å². The number of aliphatic hydroxyl groups is 1. The quantitative estimate of drug-likeness (QED) is 0.426. The third kappa shape index (κ3) is 5.74. The van der Waals surface area contributed by atoms with E-state index < -0.39 is 48.6 Å². The number of ether oxygens (including phenoxy) is 4. The first-order chi connectivity index (χ1) is 16.9. The molecule has 1 aliphatic heterocycles. The maximum Gasteiger partial charge on any atom is 0.338 e. The molecule has 0 aromatic heterocycles. The van der Waals surface area contributed by atoms with Crippen molar-refractivity contribution in [2.45, 2.75) is 37.6 Å². The molecule has 1 aliphatic rings. The van der Waals surface area contributed by atoms with Gasteiger partial charge in [-0.15, -0.1) is 0 Å². The standard InChI is InChI=1S/C27H24O8/c1-17-21(33-24(28)18-11-5-2-6-12-18)22(34-25(29)19-13-7-3-8-14-19)23(27(31)32-17)35-26(30)20-15-9-4-10-16-20/h2-17,21-23,27,31H,1H3/t17-,21-,22?,23-,27?/m0/s1. The van der Waals surface area contributed by atoms with E-state index in [1.165, 1.54) is 0 Å². The number of aliphatic hydroxyl groups excluding tert-OH is 1. The van der Waals surface area contributed by atoms with E-state index in [1.807, 2.05) is 0 Å². The van der Waals surface area contributed by atoms with E-state index in [0.717, 1.165) is 0 Å². The Bertz CT molecular complexity index is 1080. The Labute approximate surface area is 202 Å². The van der Waals surface area contributed by atoms with Crippen LogP contribution in [0.1, 0.15) is 38.0 Å². The van der Waals surface area contributed by atoms with Gasteiger partial charge in [0.05, 0.1) is 22.8 Å². The lowest BCUT2D eigenvalue weighted by Gasteiger charge is -2.42. The molecule has 0 saturated carbocycles. The zero-order valence-corrected chi connectivity index (χ0v) is 18.9. The minimum absolute atomic E-state index is 0.226. The summed E-state index contributed by atoms with van der Waals surface area (Å²) in [5.74, 6) is -2.18. The molecule has 180 valence electrons. The topological polar surface area (TPSA) is 108 Å². The van der Waals surface area contributed by atoms with Crippen LogP contribution in [0.3, 0.4) is 0 Å². The Kier molecular flexibility index (Phi) is 7.54. The lowest BCUT2D eigenvalue weighted by Crippen LogP contribution is -2.60. The summed E-state index contributed by atoms with van der Waals surface area (Å²) in [6.45, 7) is 1.56. The van der Waals surface area contributed by atoms with Crippen molar-refractivity contribution >= 4 is 17.9 Å². The summed E-state index contributed by atoms with van der Waals surface area (Å²) < 4.78 is 22.4. The molecule has 5 atom stereocenters. The van der Waals surface area contributed by atoms with Crippen molar-refractivity contribution in [1.29, 1.82) is 0 Å². The number of hydrogen-bond donors (Lipinski definition) is 1. The normalized spacial score (nSPS) is 23.7. The maximum atomic E-state index is 12.9. The second-order valence-electron chi connectivity index (χ2n) is 7.94. The summed E-state index contributed by atoms with van der Waals surface area (Å²) >= 11 is 0. The van der Waals surface area contributed by atoms with E-state index in [9.17, 15) is 19.5 Å². The van der Waals surface area contributed by atoms with E-state index in [0.29, 0.717) is 0 Å². The smallest absolute Gasteiger partial charge is 0.338 e. The molecule has 0 radical (unpaired) electrons. The molecule has 3 aromatic rings. The average molecular weight is 476 g/mol. The second-order valence-corrected chi connectivity index (χ2v) is 7.94. The van der Waals surface area contributed by atoms with Gasteiger partial charge in [-0.1, -0.05) is 54.6 Å². The van der Waals surface area contributed by atoms with Crippen LogP contribution in [-0.2, 0) is 18.9 Å². The van der Waals surface area contributed by atoms with Gasteiger partial charge in [-0.25, -0.2) is 14.4 Å². The monoisotopic (exact) mass is 476 g/mol. The molecule has 1 saturated heterocycles. The summed E-state index contributed by atoms with van der Waals surface area (Å²) in [6.07, 6.45) is -6.48. The Morgan fingerprint density at radius 3 is 1.34 bits per heavy atom. The van der Waals surface area contributed by atoms with E-state index in [1.54, 1.807) is 97.9 Å². The number of carbonyl (C=O) groups is 3. The van der Waals surface area contributed by atoms with Crippen LogP contribution in [0, 0.1) is 0 Å². The molecule has 35 heavy (non-hydrogen) atoms. The van der Waals surface area contributed by atoms with Gasteiger partial charge in [0.2, 0.25) is 0 Å². The highest BCUT2D eigenvalue weighted by atomic mass is 16.7. The van der Waals surface area contributed by atoms with Gasteiger partial charge in [0.15, 0.2) is 24.6 Å². The van der Waals surface area contributed by atoms with Crippen LogP contribution in [0.4, 0.5) is 0 Å². The van der Waals surface area contributed by atoms with Crippen LogP contribution >= 0.6 is 0 Å². The third-order valence-corrected chi connectivity index (χ3v) is 5.50. The summed E-state index contributed by atoms with van der Waals surface area (Å²) in [4.78, 5) is 38.5. The average Bonchev–Trinajstić information content (AvgIpc) is 2.89. The van der Waals surface area contributed by atoms with Crippen molar-refractivity contribution in [2.24, 2.45) is 0 Å². The molecule has 1 heterocycles. The lowest BCUT2D eigenvalue weighted by molar-refractivity contribution is -0.275. The van der Waals surface area contributed by atoms with Crippen LogP contribution in [0.2, 0.25) is 0 Å². The van der Waals surface area contributed by atoms with Crippen molar-refractivity contribution in [1.82, 2.24) is 0 Å². The number of benzene rings is 3. The highest BCUT2D eigenvalue weighted by Crippen LogP contribution is 2.29. The molecule has 8 heteroatoms. The molecule has 1 fully saturated rings. The maximum absolute atomic E-state index is 12.9. The SMILES string of the molecule is C[C@@H]1OC(O)[C@@H](OC(=O)c2ccccc2)C(OC(=O)c2ccccc2)[C@H]1OC(=O)c1ccccc1. The van der Waals surface area contributed by atoms with Crippen molar-refractivity contribution in [3.8, 4) is 0 Å². The Balaban J connectivity index is 1.63. The first kappa shape index (κ1) is 24.1. The van der Waals surface area contributed by atoms with Gasteiger partial charge in [0, 0.05) is 0 Å². The van der Waals surface area contributed by atoms with Gasteiger partial charge in [0.25, 0.3) is 0 Å². The molecule has 4 rings (SSSR count). The van der Waals surface area contributed by atoms with Crippen LogP contribution in [0.25, 0.3) is 0 Å². The fraction of sp³-hybridized carbons (Fsp3) is 0.222. The molecule has 8 nitrogen and oxygen atoms in total. The second kappa shape index (κ2) is 10.9. The summed E-state index contributed by atoms with van der Waals surface area (Å²) in [5, 5.41) is 10.6. The van der Waals surface area contributed by atoms with Crippen LogP contribution in [-0.4, -0.2) is 53.7 Å². The van der Waals surface area contributed by atoms with Crippen molar-refractivity contribution in [3.05, 3.63) is 108 Å². The molecule has 0 spiro atoms.